The van der Waals surface area contributed by atoms with Crippen LogP contribution in [0.1, 0.15) is 92.9 Å². The molecule has 0 radical (unpaired) electrons. The van der Waals surface area contributed by atoms with Gasteiger partial charge in [-0.05, 0) is 125 Å². The van der Waals surface area contributed by atoms with E-state index in [4.69, 9.17) is 8.85 Å². The first-order valence-corrected chi connectivity index (χ1v) is 23.8. The quantitative estimate of drug-likeness (QED) is 0.222. The predicted octanol–water partition coefficient (Wildman–Crippen LogP) is 9.48. The largest absolute Gasteiger partial charge is 0.414 e. The van der Waals surface area contributed by atoms with Crippen LogP contribution in [-0.2, 0) is 18.7 Å². The average Bonchev–Trinajstić information content (AvgIpc) is 3.14. The molecule has 0 N–H and O–H groups in total. The molecule has 0 spiro atoms. The van der Waals surface area contributed by atoms with Gasteiger partial charge in [-0.25, -0.2) is 8.42 Å². The van der Waals surface area contributed by atoms with E-state index in [9.17, 15) is 8.42 Å². The Hall–Kier alpha value is -0.476. The highest BCUT2D eigenvalue weighted by molar-refractivity contribution is 7.91. The normalized spacial score (nSPS) is 27.4. The van der Waals surface area contributed by atoms with E-state index >= 15 is 0 Å². The molecule has 2 fully saturated rings. The number of fused-ring (bicyclic) bond motifs is 1. The Kier molecular flexibility index (Phi) is 10.4. The van der Waals surface area contributed by atoms with E-state index in [1.54, 1.807) is 12.1 Å². The zero-order valence-electron chi connectivity index (χ0n) is 27.6. The third-order valence-corrected chi connectivity index (χ3v) is 18.0. The van der Waals surface area contributed by atoms with Gasteiger partial charge in [0.15, 0.2) is 26.5 Å². The molecule has 2 aliphatic rings. The summed E-state index contributed by atoms with van der Waals surface area (Å²) >= 11 is 0. The molecule has 0 heterocycles. The second-order valence-electron chi connectivity index (χ2n) is 16.3. The van der Waals surface area contributed by atoms with Crippen LogP contribution in [0.4, 0.5) is 0 Å². The Morgan fingerprint density at radius 2 is 1.60 bits per heavy atom. The summed E-state index contributed by atoms with van der Waals surface area (Å²) in [6.45, 7) is 25.4. The van der Waals surface area contributed by atoms with Crippen LogP contribution in [0.2, 0.25) is 37.8 Å². The molecule has 40 heavy (non-hydrogen) atoms. The lowest BCUT2D eigenvalue weighted by Gasteiger charge is -2.50. The van der Waals surface area contributed by atoms with Gasteiger partial charge in [0.25, 0.3) is 0 Å². The highest BCUT2D eigenvalue weighted by Crippen LogP contribution is 2.60. The number of sulfone groups is 1. The first kappa shape index (κ1) is 34.0. The molecule has 0 bridgehead atoms. The average molecular weight is 609 g/mol. The van der Waals surface area contributed by atoms with Crippen molar-refractivity contribution in [1.82, 2.24) is 0 Å². The van der Waals surface area contributed by atoms with Crippen LogP contribution in [0, 0.1) is 23.2 Å². The molecule has 2 aliphatic carbocycles. The number of hydrogen-bond acceptors (Lipinski definition) is 4. The van der Waals surface area contributed by atoms with Crippen LogP contribution < -0.4 is 0 Å². The lowest BCUT2D eigenvalue weighted by molar-refractivity contribution is -0.0214. The molecule has 0 unspecified atom stereocenters. The van der Waals surface area contributed by atoms with Crippen LogP contribution in [0.25, 0.3) is 0 Å². The third-order valence-electron chi connectivity index (χ3n) is 10.4. The van der Waals surface area contributed by atoms with Gasteiger partial charge in [-0.15, -0.1) is 0 Å². The maximum absolute atomic E-state index is 13.7. The summed E-state index contributed by atoms with van der Waals surface area (Å²) in [5, 5.41) is 0.190. The molecule has 0 saturated heterocycles. The highest BCUT2D eigenvalue weighted by Gasteiger charge is 2.55. The molecule has 230 valence electrons. The van der Waals surface area contributed by atoms with Gasteiger partial charge >= 0.3 is 0 Å². The van der Waals surface area contributed by atoms with Crippen molar-refractivity contribution < 1.29 is 17.3 Å². The molecule has 4 nitrogen and oxygen atoms in total. The lowest BCUT2D eigenvalue weighted by atomic mass is 9.61. The predicted molar refractivity (Wildman–Crippen MR) is 175 cm³/mol. The van der Waals surface area contributed by atoms with E-state index < -0.39 is 26.5 Å². The van der Waals surface area contributed by atoms with E-state index in [1.165, 1.54) is 12.8 Å². The lowest BCUT2D eigenvalue weighted by Crippen LogP contribution is -2.50. The summed E-state index contributed by atoms with van der Waals surface area (Å²) in [5.74, 6) is 1.32. The first-order valence-electron chi connectivity index (χ1n) is 15.8. The van der Waals surface area contributed by atoms with E-state index in [1.807, 2.05) is 18.2 Å². The van der Waals surface area contributed by atoms with Gasteiger partial charge in [-0.3, -0.25) is 0 Å². The topological polar surface area (TPSA) is 52.6 Å². The number of benzene rings is 1. The fraction of sp³-hybridized carbons (Fsp3) is 0.818. The molecule has 3 rings (SSSR count). The van der Waals surface area contributed by atoms with E-state index in [0.717, 1.165) is 38.5 Å². The zero-order chi connectivity index (χ0) is 30.2. The van der Waals surface area contributed by atoms with E-state index in [-0.39, 0.29) is 27.7 Å². The number of rotatable bonds is 12. The minimum Gasteiger partial charge on any atom is -0.414 e. The summed E-state index contributed by atoms with van der Waals surface area (Å²) in [7, 11) is -6.91. The Labute approximate surface area is 249 Å². The summed E-state index contributed by atoms with van der Waals surface area (Å²) in [4.78, 5) is 0.463. The van der Waals surface area contributed by atoms with Gasteiger partial charge < -0.3 is 8.85 Å². The smallest absolute Gasteiger partial charge is 0.192 e. The Balaban J connectivity index is 1.86. The van der Waals surface area contributed by atoms with Gasteiger partial charge in [0.2, 0.25) is 0 Å². The van der Waals surface area contributed by atoms with Gasteiger partial charge in [-0.1, -0.05) is 58.7 Å². The summed E-state index contributed by atoms with van der Waals surface area (Å²) in [6.07, 6.45) is 8.98. The van der Waals surface area contributed by atoms with Gasteiger partial charge in [-0.2, -0.15) is 0 Å². The first-order chi connectivity index (χ1) is 18.2. The molecular weight excluding hydrogens is 549 g/mol. The minimum absolute atomic E-state index is 0.131. The Bertz CT molecular complexity index is 1070. The van der Waals surface area contributed by atoms with Gasteiger partial charge in [0.1, 0.15) is 0 Å². The van der Waals surface area contributed by atoms with Crippen molar-refractivity contribution in [3.8, 4) is 0 Å². The zero-order valence-corrected chi connectivity index (χ0v) is 30.4. The minimum atomic E-state index is -3.37. The van der Waals surface area contributed by atoms with Crippen molar-refractivity contribution in [3.05, 3.63) is 30.3 Å². The Morgan fingerprint density at radius 3 is 2.17 bits per heavy atom. The second-order valence-corrected chi connectivity index (χ2v) is 27.5. The van der Waals surface area contributed by atoms with Gasteiger partial charge in [0.05, 0.1) is 16.2 Å². The SMILES string of the molecule is CC(C)(CCC[C@@H](CS(=O)(=O)c1ccccc1)[C@H]1CC[C@H]2[C@@H](O[Si](C)(C)C(C)(C)C)CCC[C@]12C)O[Si](C)(C)C. The summed E-state index contributed by atoms with van der Waals surface area (Å²) in [5.41, 5.74) is -0.0467. The summed E-state index contributed by atoms with van der Waals surface area (Å²) in [6, 6.07) is 9.11. The molecule has 0 aliphatic heterocycles. The molecule has 7 heteroatoms. The van der Waals surface area contributed by atoms with Crippen LogP contribution in [0.15, 0.2) is 35.2 Å². The standard InChI is InChI=1S/C33H60O4SSi2/c1-31(2,3)40(10,11)36-30-20-16-24-33(6)28(21-22-29(30)33)26(17-15-23-32(4,5)37-39(7,8)9)25-38(34,35)27-18-13-12-14-19-27/h12-14,18-19,26,28-30H,15-17,20-25H2,1-11H3/t26-,28+,29-,30-,33+/m0/s1. The fourth-order valence-corrected chi connectivity index (χ4v) is 12.6. The van der Waals surface area contributed by atoms with Crippen molar-refractivity contribution in [2.24, 2.45) is 23.2 Å². The monoisotopic (exact) mass is 608 g/mol. The van der Waals surface area contributed by atoms with E-state index in [2.05, 4.69) is 74.3 Å². The molecule has 2 saturated carbocycles. The fourth-order valence-electron chi connectivity index (χ4n) is 7.71. The maximum atomic E-state index is 13.7. The van der Waals surface area contributed by atoms with Gasteiger partial charge in [0, 0.05) is 6.10 Å². The van der Waals surface area contributed by atoms with Crippen molar-refractivity contribution in [3.63, 3.8) is 0 Å². The summed E-state index contributed by atoms with van der Waals surface area (Å²) < 4.78 is 41.1. The molecule has 0 aromatic heterocycles. The molecule has 5 atom stereocenters. The second kappa shape index (κ2) is 12.3. The van der Waals surface area contributed by atoms with Crippen molar-refractivity contribution in [2.45, 2.75) is 147 Å². The molecular formula is C33H60O4SSi2. The van der Waals surface area contributed by atoms with Crippen molar-refractivity contribution >= 4 is 26.5 Å². The highest BCUT2D eigenvalue weighted by atomic mass is 32.2. The van der Waals surface area contributed by atoms with Crippen LogP contribution in [0.5, 0.6) is 0 Å². The van der Waals surface area contributed by atoms with Crippen LogP contribution in [-0.4, -0.2) is 42.5 Å². The van der Waals surface area contributed by atoms with Crippen molar-refractivity contribution in [1.29, 1.82) is 0 Å². The maximum Gasteiger partial charge on any atom is 0.192 e. The Morgan fingerprint density at radius 1 is 0.975 bits per heavy atom. The molecule has 0 amide bonds. The van der Waals surface area contributed by atoms with Crippen molar-refractivity contribution in [2.75, 3.05) is 5.75 Å². The van der Waals surface area contributed by atoms with Crippen LogP contribution in [0.3, 0.4) is 0 Å². The molecule has 1 aromatic rings. The molecule has 1 aromatic carbocycles. The van der Waals surface area contributed by atoms with E-state index in [0.29, 0.717) is 22.8 Å². The third kappa shape index (κ3) is 8.33. The van der Waals surface area contributed by atoms with Crippen LogP contribution >= 0.6 is 0 Å². The number of hydrogen-bond donors (Lipinski definition) is 0.